The zero-order valence-electron chi connectivity index (χ0n) is 17.2. The van der Waals surface area contributed by atoms with Gasteiger partial charge in [0.1, 0.15) is 5.82 Å². The van der Waals surface area contributed by atoms with Crippen molar-refractivity contribution in [2.75, 3.05) is 18.4 Å². The number of nitrogens with zero attached hydrogens (tertiary/aromatic N) is 1. The van der Waals surface area contributed by atoms with Gasteiger partial charge in [0.05, 0.1) is 4.92 Å². The third-order valence-corrected chi connectivity index (χ3v) is 4.55. The smallest absolute Gasteiger partial charge is 0.269 e. The fourth-order valence-electron chi connectivity index (χ4n) is 2.80. The Morgan fingerprint density at radius 3 is 1.61 bits per heavy atom. The topological polar surface area (TPSA) is 130 Å². The van der Waals surface area contributed by atoms with E-state index < -0.39 is 22.6 Å². The summed E-state index contributed by atoms with van der Waals surface area (Å²) < 4.78 is 13.0. The van der Waals surface area contributed by atoms with Gasteiger partial charge in [-0.15, -0.1) is 0 Å². The molecule has 168 valence electrons. The lowest BCUT2D eigenvalue weighted by atomic mass is 10.1. The van der Waals surface area contributed by atoms with Gasteiger partial charge in [-0.2, -0.15) is 0 Å². The molecule has 0 unspecified atom stereocenters. The predicted molar refractivity (Wildman–Crippen MR) is 119 cm³/mol. The quantitative estimate of drug-likeness (QED) is 0.276. The summed E-state index contributed by atoms with van der Waals surface area (Å²) in [5.74, 6) is -1.62. The molecule has 0 bridgehead atoms. The Balaban J connectivity index is 1.43. The number of hydrogen-bond donors (Lipinski definition) is 3. The molecule has 0 spiro atoms. The number of nitro benzene ring substituents is 1. The maximum Gasteiger partial charge on any atom is 0.269 e. The van der Waals surface area contributed by atoms with Crippen LogP contribution in [-0.2, 0) is 0 Å². The summed E-state index contributed by atoms with van der Waals surface area (Å²) in [6.07, 6.45) is 0. The zero-order valence-corrected chi connectivity index (χ0v) is 17.2. The van der Waals surface area contributed by atoms with Crippen molar-refractivity contribution in [1.82, 2.24) is 10.6 Å². The minimum Gasteiger partial charge on any atom is -0.350 e. The van der Waals surface area contributed by atoms with Crippen molar-refractivity contribution < 1.29 is 23.7 Å². The number of amides is 3. The summed E-state index contributed by atoms with van der Waals surface area (Å²) in [5.41, 5.74) is 1.28. The number of anilines is 1. The molecule has 0 aliphatic rings. The van der Waals surface area contributed by atoms with Crippen molar-refractivity contribution in [1.29, 1.82) is 0 Å². The summed E-state index contributed by atoms with van der Waals surface area (Å²) >= 11 is 0. The third kappa shape index (κ3) is 6.44. The summed E-state index contributed by atoms with van der Waals surface area (Å²) in [5, 5.41) is 18.6. The molecular formula is C23H19FN4O5. The maximum atomic E-state index is 13.0. The molecule has 0 heterocycles. The fourth-order valence-corrected chi connectivity index (χ4v) is 2.80. The van der Waals surface area contributed by atoms with E-state index in [1.807, 2.05) is 0 Å². The lowest BCUT2D eigenvalue weighted by Crippen LogP contribution is -2.34. The molecule has 0 saturated carbocycles. The van der Waals surface area contributed by atoms with E-state index in [0.717, 1.165) is 0 Å². The molecule has 9 nitrogen and oxygen atoms in total. The minimum absolute atomic E-state index is 0.111. The minimum atomic E-state index is -0.552. The van der Waals surface area contributed by atoms with Gasteiger partial charge in [-0.05, 0) is 60.7 Å². The Bertz CT molecular complexity index is 1160. The van der Waals surface area contributed by atoms with E-state index >= 15 is 0 Å². The lowest BCUT2D eigenvalue weighted by molar-refractivity contribution is -0.384. The molecule has 3 amide bonds. The van der Waals surface area contributed by atoms with Gasteiger partial charge in [0, 0.05) is 47.6 Å². The van der Waals surface area contributed by atoms with Gasteiger partial charge in [0.2, 0.25) is 0 Å². The van der Waals surface area contributed by atoms with Gasteiger partial charge in [-0.25, -0.2) is 4.39 Å². The molecule has 0 aliphatic heterocycles. The number of benzene rings is 3. The third-order valence-electron chi connectivity index (χ3n) is 4.55. The maximum absolute atomic E-state index is 13.0. The van der Waals surface area contributed by atoms with E-state index in [1.54, 1.807) is 12.1 Å². The molecule has 0 atom stereocenters. The molecule has 0 aromatic heterocycles. The van der Waals surface area contributed by atoms with Crippen molar-refractivity contribution in [3.63, 3.8) is 0 Å². The van der Waals surface area contributed by atoms with Crippen LogP contribution in [0, 0.1) is 15.9 Å². The van der Waals surface area contributed by atoms with Crippen molar-refractivity contribution in [3.8, 4) is 0 Å². The van der Waals surface area contributed by atoms with Crippen molar-refractivity contribution in [2.24, 2.45) is 0 Å². The molecule has 3 aromatic rings. The summed E-state index contributed by atoms with van der Waals surface area (Å²) in [7, 11) is 0. The van der Waals surface area contributed by atoms with Crippen molar-refractivity contribution >= 4 is 29.1 Å². The number of nitro groups is 1. The van der Waals surface area contributed by atoms with E-state index in [9.17, 15) is 28.9 Å². The number of non-ortho nitro benzene ring substituents is 1. The Kier molecular flexibility index (Phi) is 7.43. The Labute approximate surface area is 187 Å². The molecule has 0 saturated heterocycles. The first-order chi connectivity index (χ1) is 15.8. The molecule has 3 rings (SSSR count). The first-order valence-corrected chi connectivity index (χ1v) is 9.81. The number of nitrogens with one attached hydrogen (secondary N) is 3. The lowest BCUT2D eigenvalue weighted by Gasteiger charge is -2.09. The first-order valence-electron chi connectivity index (χ1n) is 9.81. The second-order valence-electron chi connectivity index (χ2n) is 6.85. The van der Waals surface area contributed by atoms with E-state index in [1.165, 1.54) is 60.7 Å². The molecule has 0 aliphatic carbocycles. The molecular weight excluding hydrogens is 431 g/mol. The van der Waals surface area contributed by atoms with E-state index in [2.05, 4.69) is 16.0 Å². The fraction of sp³-hybridized carbons (Fsp3) is 0.0870. The van der Waals surface area contributed by atoms with Crippen LogP contribution < -0.4 is 16.0 Å². The highest BCUT2D eigenvalue weighted by Gasteiger charge is 2.10. The second kappa shape index (κ2) is 10.6. The van der Waals surface area contributed by atoms with Crippen LogP contribution in [0.25, 0.3) is 0 Å². The summed E-state index contributed by atoms with van der Waals surface area (Å²) in [6.45, 7) is 0.327. The largest absolute Gasteiger partial charge is 0.350 e. The van der Waals surface area contributed by atoms with Gasteiger partial charge in [-0.1, -0.05) is 0 Å². The van der Waals surface area contributed by atoms with Crippen molar-refractivity contribution in [3.05, 3.63) is 105 Å². The van der Waals surface area contributed by atoms with Gasteiger partial charge in [0.15, 0.2) is 0 Å². The Morgan fingerprint density at radius 2 is 1.12 bits per heavy atom. The number of carbonyl (C=O) groups excluding carboxylic acids is 3. The normalized spacial score (nSPS) is 10.2. The second-order valence-corrected chi connectivity index (χ2v) is 6.85. The standard InChI is InChI=1S/C23H19FN4O5/c24-18-7-1-17(2-8-18)23(31)27-19-9-3-15(4-10-19)21(29)25-13-14-26-22(30)16-5-11-20(12-6-16)28(32)33/h1-12H,13-14H2,(H,25,29)(H,26,30)(H,27,31). The average Bonchev–Trinajstić information content (AvgIpc) is 2.82. The molecule has 33 heavy (non-hydrogen) atoms. The summed E-state index contributed by atoms with van der Waals surface area (Å²) in [6, 6.07) is 16.5. The average molecular weight is 450 g/mol. The van der Waals surface area contributed by atoms with Crippen LogP contribution in [-0.4, -0.2) is 35.7 Å². The molecule has 0 fully saturated rings. The summed E-state index contributed by atoms with van der Waals surface area (Å²) in [4.78, 5) is 46.5. The van der Waals surface area contributed by atoms with Crippen LogP contribution in [0.1, 0.15) is 31.1 Å². The highest BCUT2D eigenvalue weighted by molar-refractivity contribution is 6.04. The number of halogens is 1. The monoisotopic (exact) mass is 450 g/mol. The van der Waals surface area contributed by atoms with Crippen LogP contribution in [0.15, 0.2) is 72.8 Å². The van der Waals surface area contributed by atoms with E-state index in [0.29, 0.717) is 16.8 Å². The molecule has 3 aromatic carbocycles. The van der Waals surface area contributed by atoms with Crippen LogP contribution in [0.3, 0.4) is 0 Å². The van der Waals surface area contributed by atoms with E-state index in [4.69, 9.17) is 0 Å². The molecule has 10 heteroatoms. The van der Waals surface area contributed by atoms with Gasteiger partial charge in [-0.3, -0.25) is 24.5 Å². The van der Waals surface area contributed by atoms with Crippen LogP contribution in [0.5, 0.6) is 0 Å². The SMILES string of the molecule is O=C(NCCNC(=O)c1ccc([N+](=O)[O-])cc1)c1ccc(NC(=O)c2ccc(F)cc2)cc1. The predicted octanol–water partition coefficient (Wildman–Crippen LogP) is 3.15. The Morgan fingerprint density at radius 1 is 0.697 bits per heavy atom. The molecule has 3 N–H and O–H groups in total. The highest BCUT2D eigenvalue weighted by atomic mass is 19.1. The number of rotatable bonds is 8. The zero-order chi connectivity index (χ0) is 23.8. The first kappa shape index (κ1) is 23.1. The molecule has 0 radical (unpaired) electrons. The Hall–Kier alpha value is -4.60. The van der Waals surface area contributed by atoms with Gasteiger partial charge < -0.3 is 16.0 Å². The number of hydrogen-bond acceptors (Lipinski definition) is 5. The van der Waals surface area contributed by atoms with E-state index in [-0.39, 0.29) is 30.2 Å². The van der Waals surface area contributed by atoms with Crippen LogP contribution >= 0.6 is 0 Å². The van der Waals surface area contributed by atoms with Gasteiger partial charge >= 0.3 is 0 Å². The van der Waals surface area contributed by atoms with Gasteiger partial charge in [0.25, 0.3) is 23.4 Å². The highest BCUT2D eigenvalue weighted by Crippen LogP contribution is 2.13. The van der Waals surface area contributed by atoms with Crippen molar-refractivity contribution in [2.45, 2.75) is 0 Å². The number of carbonyl (C=O) groups is 3. The van der Waals surface area contributed by atoms with Crippen LogP contribution in [0.4, 0.5) is 15.8 Å². The van der Waals surface area contributed by atoms with Crippen LogP contribution in [0.2, 0.25) is 0 Å².